The highest BCUT2D eigenvalue weighted by Gasteiger charge is 2.17. The van der Waals surface area contributed by atoms with Crippen LogP contribution in [0.2, 0.25) is 0 Å². The summed E-state index contributed by atoms with van der Waals surface area (Å²) in [7, 11) is 0. The van der Waals surface area contributed by atoms with Gasteiger partial charge in [-0.3, -0.25) is 4.79 Å². The predicted octanol–water partition coefficient (Wildman–Crippen LogP) is 3.15. The molecule has 20 heavy (non-hydrogen) atoms. The molecule has 1 amide bonds. The van der Waals surface area contributed by atoms with E-state index in [2.05, 4.69) is 28.2 Å². The number of carbonyl (C=O) groups excluding carboxylic acids is 1. The number of amides is 1. The molecule has 1 aromatic rings. The second-order valence-corrected chi connectivity index (χ2v) is 5.69. The highest BCUT2D eigenvalue weighted by atomic mass is 79.9. The van der Waals surface area contributed by atoms with E-state index < -0.39 is 0 Å². The molecule has 1 saturated heterocycles. The third-order valence-electron chi connectivity index (χ3n) is 3.17. The van der Waals surface area contributed by atoms with E-state index in [0.717, 1.165) is 36.1 Å². The standard InChI is InChI=1S/C15H20BrNO3/c1-2-7-20-14-6-5-11(9-13(14)16)15(18)17-10-12-4-3-8-19-12/h5-6,9,12H,2-4,7-8,10H2,1H3,(H,17,18)/t12-/m1/s1. The fourth-order valence-electron chi connectivity index (χ4n) is 2.09. The van der Waals surface area contributed by atoms with Gasteiger partial charge in [-0.25, -0.2) is 0 Å². The van der Waals surface area contributed by atoms with Crippen LogP contribution in [0, 0.1) is 0 Å². The van der Waals surface area contributed by atoms with Gasteiger partial charge in [0.25, 0.3) is 5.91 Å². The smallest absolute Gasteiger partial charge is 0.251 e. The molecule has 1 N–H and O–H groups in total. The first kappa shape index (κ1) is 15.3. The Morgan fingerprint density at radius 3 is 3.05 bits per heavy atom. The molecule has 0 bridgehead atoms. The Morgan fingerprint density at radius 2 is 2.40 bits per heavy atom. The van der Waals surface area contributed by atoms with Gasteiger partial charge < -0.3 is 14.8 Å². The number of halogens is 1. The maximum Gasteiger partial charge on any atom is 0.251 e. The maximum atomic E-state index is 12.1. The number of nitrogens with one attached hydrogen (secondary N) is 1. The molecule has 0 spiro atoms. The van der Waals surface area contributed by atoms with Gasteiger partial charge in [0.15, 0.2) is 0 Å². The molecular weight excluding hydrogens is 322 g/mol. The van der Waals surface area contributed by atoms with Crippen LogP contribution in [0.1, 0.15) is 36.5 Å². The normalized spacial score (nSPS) is 18.0. The fourth-order valence-corrected chi connectivity index (χ4v) is 2.58. The fraction of sp³-hybridized carbons (Fsp3) is 0.533. The lowest BCUT2D eigenvalue weighted by Crippen LogP contribution is -2.31. The van der Waals surface area contributed by atoms with Crippen LogP contribution in [-0.4, -0.2) is 31.8 Å². The van der Waals surface area contributed by atoms with Crippen molar-refractivity contribution in [3.05, 3.63) is 28.2 Å². The van der Waals surface area contributed by atoms with Crippen molar-refractivity contribution in [1.82, 2.24) is 5.32 Å². The van der Waals surface area contributed by atoms with E-state index in [-0.39, 0.29) is 12.0 Å². The lowest BCUT2D eigenvalue weighted by Gasteiger charge is -2.12. The Morgan fingerprint density at radius 1 is 1.55 bits per heavy atom. The van der Waals surface area contributed by atoms with E-state index in [1.54, 1.807) is 12.1 Å². The SMILES string of the molecule is CCCOc1ccc(C(=O)NC[C@H]2CCCO2)cc1Br. The summed E-state index contributed by atoms with van der Waals surface area (Å²) in [6.07, 6.45) is 3.22. The number of rotatable bonds is 6. The zero-order chi connectivity index (χ0) is 14.4. The van der Waals surface area contributed by atoms with Gasteiger partial charge in [-0.05, 0) is 53.4 Å². The Labute approximate surface area is 128 Å². The summed E-state index contributed by atoms with van der Waals surface area (Å²) >= 11 is 3.43. The molecule has 4 nitrogen and oxygen atoms in total. The molecule has 1 aliphatic heterocycles. The number of hydrogen-bond donors (Lipinski definition) is 1. The largest absolute Gasteiger partial charge is 0.492 e. The highest BCUT2D eigenvalue weighted by molar-refractivity contribution is 9.10. The van der Waals surface area contributed by atoms with Gasteiger partial charge in [-0.15, -0.1) is 0 Å². The highest BCUT2D eigenvalue weighted by Crippen LogP contribution is 2.26. The van der Waals surface area contributed by atoms with Crippen LogP contribution < -0.4 is 10.1 Å². The van der Waals surface area contributed by atoms with E-state index in [0.29, 0.717) is 18.7 Å². The molecule has 1 atom stereocenters. The molecule has 1 aliphatic rings. The maximum absolute atomic E-state index is 12.1. The summed E-state index contributed by atoms with van der Waals surface area (Å²) < 4.78 is 11.8. The average molecular weight is 342 g/mol. The number of carbonyl (C=O) groups is 1. The Bertz CT molecular complexity index is 458. The van der Waals surface area contributed by atoms with Gasteiger partial charge in [0.1, 0.15) is 5.75 Å². The molecule has 5 heteroatoms. The van der Waals surface area contributed by atoms with Gasteiger partial charge >= 0.3 is 0 Å². The minimum Gasteiger partial charge on any atom is -0.492 e. The van der Waals surface area contributed by atoms with E-state index >= 15 is 0 Å². The molecule has 110 valence electrons. The zero-order valence-electron chi connectivity index (χ0n) is 11.7. The van der Waals surface area contributed by atoms with Crippen molar-refractivity contribution in [1.29, 1.82) is 0 Å². The van der Waals surface area contributed by atoms with Crippen molar-refractivity contribution >= 4 is 21.8 Å². The first-order valence-corrected chi connectivity index (χ1v) is 7.82. The second-order valence-electron chi connectivity index (χ2n) is 4.84. The molecule has 0 aromatic heterocycles. The summed E-state index contributed by atoms with van der Waals surface area (Å²) in [5, 5.41) is 2.91. The van der Waals surface area contributed by atoms with Crippen LogP contribution >= 0.6 is 15.9 Å². The van der Waals surface area contributed by atoms with Gasteiger partial charge in [0, 0.05) is 18.7 Å². The van der Waals surface area contributed by atoms with Gasteiger partial charge in [0.05, 0.1) is 17.2 Å². The summed E-state index contributed by atoms with van der Waals surface area (Å²) in [5.41, 5.74) is 0.624. The molecule has 0 saturated carbocycles. The summed E-state index contributed by atoms with van der Waals surface area (Å²) in [5.74, 6) is 0.686. The van der Waals surface area contributed by atoms with Crippen molar-refractivity contribution in [3.8, 4) is 5.75 Å². The first-order valence-electron chi connectivity index (χ1n) is 7.03. The Hall–Kier alpha value is -1.07. The summed E-state index contributed by atoms with van der Waals surface area (Å²) in [6, 6.07) is 5.39. The van der Waals surface area contributed by atoms with Crippen LogP contribution in [0.15, 0.2) is 22.7 Å². The van der Waals surface area contributed by atoms with Gasteiger partial charge in [-0.2, -0.15) is 0 Å². The monoisotopic (exact) mass is 341 g/mol. The topological polar surface area (TPSA) is 47.6 Å². The first-order chi connectivity index (χ1) is 9.70. The summed E-state index contributed by atoms with van der Waals surface area (Å²) in [4.78, 5) is 12.1. The lowest BCUT2D eigenvalue weighted by atomic mass is 10.2. The predicted molar refractivity (Wildman–Crippen MR) is 81.2 cm³/mol. The molecule has 1 aromatic carbocycles. The second kappa shape index (κ2) is 7.64. The molecule has 1 fully saturated rings. The molecule has 0 radical (unpaired) electrons. The van der Waals surface area contributed by atoms with Gasteiger partial charge in [0.2, 0.25) is 0 Å². The summed E-state index contributed by atoms with van der Waals surface area (Å²) in [6.45, 7) is 4.10. The van der Waals surface area contributed by atoms with Gasteiger partial charge in [-0.1, -0.05) is 6.92 Å². The molecule has 0 unspecified atom stereocenters. The molecule has 1 heterocycles. The Balaban J connectivity index is 1.90. The average Bonchev–Trinajstić information content (AvgIpc) is 2.96. The quantitative estimate of drug-likeness (QED) is 0.864. The Kier molecular flexibility index (Phi) is 5.86. The number of benzene rings is 1. The third-order valence-corrected chi connectivity index (χ3v) is 3.79. The van der Waals surface area contributed by atoms with E-state index in [1.165, 1.54) is 0 Å². The van der Waals surface area contributed by atoms with E-state index in [1.807, 2.05) is 6.07 Å². The lowest BCUT2D eigenvalue weighted by molar-refractivity contribution is 0.0857. The van der Waals surface area contributed by atoms with Crippen molar-refractivity contribution in [2.75, 3.05) is 19.8 Å². The van der Waals surface area contributed by atoms with Crippen LogP contribution in [-0.2, 0) is 4.74 Å². The minimum absolute atomic E-state index is 0.0803. The molecular formula is C15H20BrNO3. The van der Waals surface area contributed by atoms with Crippen LogP contribution in [0.4, 0.5) is 0 Å². The molecule has 0 aliphatic carbocycles. The van der Waals surface area contributed by atoms with Crippen LogP contribution in [0.25, 0.3) is 0 Å². The van der Waals surface area contributed by atoms with Crippen LogP contribution in [0.5, 0.6) is 5.75 Å². The van der Waals surface area contributed by atoms with Crippen molar-refractivity contribution in [2.45, 2.75) is 32.3 Å². The molecule has 2 rings (SSSR count). The minimum atomic E-state index is -0.0803. The zero-order valence-corrected chi connectivity index (χ0v) is 13.2. The van der Waals surface area contributed by atoms with Crippen molar-refractivity contribution in [3.63, 3.8) is 0 Å². The van der Waals surface area contributed by atoms with E-state index in [4.69, 9.17) is 9.47 Å². The van der Waals surface area contributed by atoms with Crippen LogP contribution in [0.3, 0.4) is 0 Å². The number of ether oxygens (including phenoxy) is 2. The van der Waals surface area contributed by atoms with Crippen molar-refractivity contribution < 1.29 is 14.3 Å². The van der Waals surface area contributed by atoms with Crippen molar-refractivity contribution in [2.24, 2.45) is 0 Å². The third kappa shape index (κ3) is 4.21. The number of hydrogen-bond acceptors (Lipinski definition) is 3. The van der Waals surface area contributed by atoms with E-state index in [9.17, 15) is 4.79 Å².